The van der Waals surface area contributed by atoms with Crippen LogP contribution in [-0.2, 0) is 11.3 Å². The van der Waals surface area contributed by atoms with Crippen LogP contribution in [0.15, 0.2) is 44.5 Å². The van der Waals surface area contributed by atoms with Gasteiger partial charge in [0.2, 0.25) is 11.7 Å². The molecular formula is C13H13NO5S. The molecule has 106 valence electrons. The number of carboxylic acids is 1. The van der Waals surface area contributed by atoms with Crippen LogP contribution < -0.4 is 5.32 Å². The number of rotatable bonds is 6. The van der Waals surface area contributed by atoms with E-state index in [2.05, 4.69) is 5.32 Å². The third-order valence-corrected chi connectivity index (χ3v) is 3.49. The number of carboxylic acid groups (broad SMARTS) is 1. The van der Waals surface area contributed by atoms with Gasteiger partial charge in [-0.3, -0.25) is 4.79 Å². The molecule has 20 heavy (non-hydrogen) atoms. The normalized spacial score (nSPS) is 12.1. The summed E-state index contributed by atoms with van der Waals surface area (Å²) in [7, 11) is 0. The fraction of sp³-hybridized carbons (Fsp3) is 0.231. The van der Waals surface area contributed by atoms with Gasteiger partial charge in [-0.15, -0.1) is 0 Å². The molecule has 0 spiro atoms. The molecule has 7 heteroatoms. The fourth-order valence-electron chi connectivity index (χ4n) is 1.46. The molecule has 0 fully saturated rings. The second kappa shape index (κ2) is 6.33. The maximum atomic E-state index is 11.9. The molecular weight excluding hydrogens is 282 g/mol. The lowest BCUT2D eigenvalue weighted by molar-refractivity contribution is -0.120. The van der Waals surface area contributed by atoms with Crippen molar-refractivity contribution in [1.29, 1.82) is 0 Å². The lowest BCUT2D eigenvalue weighted by atomic mass is 10.4. The van der Waals surface area contributed by atoms with Crippen LogP contribution in [0.5, 0.6) is 0 Å². The van der Waals surface area contributed by atoms with Crippen molar-refractivity contribution in [2.75, 3.05) is 0 Å². The van der Waals surface area contributed by atoms with E-state index in [9.17, 15) is 9.59 Å². The molecule has 6 nitrogen and oxygen atoms in total. The Morgan fingerprint density at radius 3 is 2.80 bits per heavy atom. The third kappa shape index (κ3) is 3.67. The zero-order valence-electron chi connectivity index (χ0n) is 10.7. The molecule has 0 aliphatic rings. The summed E-state index contributed by atoms with van der Waals surface area (Å²) in [5, 5.41) is 11.4. The second-order valence-electron chi connectivity index (χ2n) is 3.98. The molecule has 1 amide bonds. The second-order valence-corrected chi connectivity index (χ2v) is 5.33. The third-order valence-electron chi connectivity index (χ3n) is 2.47. The van der Waals surface area contributed by atoms with Crippen LogP contribution in [0.1, 0.15) is 23.2 Å². The topological polar surface area (TPSA) is 92.7 Å². The van der Waals surface area contributed by atoms with Gasteiger partial charge >= 0.3 is 5.97 Å². The zero-order chi connectivity index (χ0) is 14.5. The van der Waals surface area contributed by atoms with Crippen molar-refractivity contribution in [1.82, 2.24) is 5.32 Å². The Bertz CT molecular complexity index is 590. The summed E-state index contributed by atoms with van der Waals surface area (Å²) in [6.45, 7) is 2.03. The van der Waals surface area contributed by atoms with Crippen LogP contribution in [0.4, 0.5) is 0 Å². The van der Waals surface area contributed by atoms with E-state index in [1.807, 2.05) is 0 Å². The number of amides is 1. The molecule has 0 aliphatic carbocycles. The van der Waals surface area contributed by atoms with Crippen molar-refractivity contribution >= 4 is 23.6 Å². The Hall–Kier alpha value is -2.15. The average molecular weight is 295 g/mol. The van der Waals surface area contributed by atoms with Crippen LogP contribution in [0.25, 0.3) is 0 Å². The maximum Gasteiger partial charge on any atom is 0.371 e. The molecule has 2 aromatic rings. The Kier molecular flexibility index (Phi) is 4.52. The summed E-state index contributed by atoms with van der Waals surface area (Å²) in [6.07, 6.45) is 1.54. The first kappa shape index (κ1) is 14.3. The highest BCUT2D eigenvalue weighted by Crippen LogP contribution is 2.25. The van der Waals surface area contributed by atoms with E-state index < -0.39 is 11.2 Å². The molecule has 2 rings (SSSR count). The van der Waals surface area contributed by atoms with Gasteiger partial charge in [-0.25, -0.2) is 4.79 Å². The van der Waals surface area contributed by atoms with Crippen molar-refractivity contribution in [3.63, 3.8) is 0 Å². The molecule has 2 N–H and O–H groups in total. The Balaban J connectivity index is 1.85. The van der Waals surface area contributed by atoms with Crippen LogP contribution in [0.3, 0.4) is 0 Å². The van der Waals surface area contributed by atoms with Crippen LogP contribution in [0.2, 0.25) is 0 Å². The predicted octanol–water partition coefficient (Wildman–Crippen LogP) is 2.37. The quantitative estimate of drug-likeness (QED) is 0.795. The zero-order valence-corrected chi connectivity index (χ0v) is 11.5. The number of aromatic carboxylic acids is 1. The Labute approximate surface area is 119 Å². The molecule has 0 saturated heterocycles. The van der Waals surface area contributed by atoms with Crippen molar-refractivity contribution < 1.29 is 23.5 Å². The molecule has 0 saturated carbocycles. The first-order chi connectivity index (χ1) is 9.56. The number of thioether (sulfide) groups is 1. The maximum absolute atomic E-state index is 11.9. The van der Waals surface area contributed by atoms with Gasteiger partial charge in [-0.1, -0.05) is 11.8 Å². The van der Waals surface area contributed by atoms with E-state index in [4.69, 9.17) is 13.9 Å². The van der Waals surface area contributed by atoms with Crippen molar-refractivity contribution in [3.8, 4) is 0 Å². The summed E-state index contributed by atoms with van der Waals surface area (Å²) in [4.78, 5) is 22.5. The molecule has 0 aliphatic heterocycles. The van der Waals surface area contributed by atoms with E-state index in [1.54, 1.807) is 19.1 Å². The molecule has 1 unspecified atom stereocenters. The van der Waals surface area contributed by atoms with Crippen LogP contribution in [0, 0.1) is 0 Å². The first-order valence-corrected chi connectivity index (χ1v) is 6.74. The van der Waals surface area contributed by atoms with Gasteiger partial charge in [0.15, 0.2) is 5.09 Å². The Morgan fingerprint density at radius 1 is 1.40 bits per heavy atom. The minimum atomic E-state index is -1.13. The summed E-state index contributed by atoms with van der Waals surface area (Å²) in [5.41, 5.74) is 0. The number of nitrogens with one attached hydrogen (secondary N) is 1. The molecule has 0 aromatic carbocycles. The summed E-state index contributed by atoms with van der Waals surface area (Å²) >= 11 is 1.15. The van der Waals surface area contributed by atoms with Crippen LogP contribution >= 0.6 is 11.8 Å². The highest BCUT2D eigenvalue weighted by molar-refractivity contribution is 8.00. The van der Waals surface area contributed by atoms with Gasteiger partial charge in [0, 0.05) is 0 Å². The Morgan fingerprint density at radius 2 is 2.20 bits per heavy atom. The summed E-state index contributed by atoms with van der Waals surface area (Å²) < 4.78 is 10.2. The lowest BCUT2D eigenvalue weighted by Crippen LogP contribution is -2.30. The number of carbonyl (C=O) groups excluding carboxylic acids is 1. The molecule has 0 bridgehead atoms. The van der Waals surface area contributed by atoms with Gasteiger partial charge in [0.05, 0.1) is 18.1 Å². The lowest BCUT2D eigenvalue weighted by Gasteiger charge is -2.09. The van der Waals surface area contributed by atoms with E-state index in [0.717, 1.165) is 11.8 Å². The standard InChI is InChI=1S/C13H13NO5S/c1-8(12(15)14-7-9-3-2-6-18-9)20-11-5-4-10(19-11)13(16)17/h2-6,8H,7H2,1H3,(H,14,15)(H,16,17). The van der Waals surface area contributed by atoms with Gasteiger partial charge in [-0.2, -0.15) is 0 Å². The van der Waals surface area contributed by atoms with Crippen molar-refractivity contribution in [3.05, 3.63) is 42.0 Å². The molecule has 1 atom stereocenters. The average Bonchev–Trinajstić information content (AvgIpc) is 3.06. The molecule has 2 aromatic heterocycles. The largest absolute Gasteiger partial charge is 0.475 e. The monoisotopic (exact) mass is 295 g/mol. The highest BCUT2D eigenvalue weighted by Gasteiger charge is 2.17. The number of hydrogen-bond acceptors (Lipinski definition) is 5. The molecule has 0 radical (unpaired) electrons. The van der Waals surface area contributed by atoms with Crippen LogP contribution in [-0.4, -0.2) is 22.2 Å². The highest BCUT2D eigenvalue weighted by atomic mass is 32.2. The smallest absolute Gasteiger partial charge is 0.371 e. The number of furan rings is 2. The number of hydrogen-bond donors (Lipinski definition) is 2. The van der Waals surface area contributed by atoms with E-state index in [0.29, 0.717) is 17.4 Å². The van der Waals surface area contributed by atoms with E-state index >= 15 is 0 Å². The van der Waals surface area contributed by atoms with Crippen molar-refractivity contribution in [2.24, 2.45) is 0 Å². The van der Waals surface area contributed by atoms with Gasteiger partial charge < -0.3 is 19.3 Å². The first-order valence-electron chi connectivity index (χ1n) is 5.86. The van der Waals surface area contributed by atoms with Gasteiger partial charge in [0.1, 0.15) is 5.76 Å². The summed E-state index contributed by atoms with van der Waals surface area (Å²) in [5.74, 6) is -0.788. The van der Waals surface area contributed by atoms with Crippen molar-refractivity contribution in [2.45, 2.75) is 23.8 Å². The number of carbonyl (C=O) groups is 2. The van der Waals surface area contributed by atoms with Gasteiger partial charge in [0.25, 0.3) is 0 Å². The van der Waals surface area contributed by atoms with E-state index in [1.165, 1.54) is 18.4 Å². The predicted molar refractivity (Wildman–Crippen MR) is 71.5 cm³/mol. The minimum Gasteiger partial charge on any atom is -0.475 e. The SMILES string of the molecule is CC(Sc1ccc(C(=O)O)o1)C(=O)NCc1ccco1. The fourth-order valence-corrected chi connectivity index (χ4v) is 2.28. The van der Waals surface area contributed by atoms with Gasteiger partial charge in [-0.05, 0) is 31.2 Å². The molecule has 2 heterocycles. The van der Waals surface area contributed by atoms with E-state index in [-0.39, 0.29) is 11.7 Å². The minimum absolute atomic E-state index is 0.143. The summed E-state index contributed by atoms with van der Waals surface area (Å²) in [6, 6.07) is 6.41.